The molecular weight excluding hydrogens is 352 g/mol. The molecule has 1 heterocycles. The topological polar surface area (TPSA) is 44.8 Å². The average molecular weight is 369 g/mol. The van der Waals surface area contributed by atoms with Crippen molar-refractivity contribution in [1.29, 1.82) is 0 Å². The number of carbonyl (C=O) groups is 1. The van der Waals surface area contributed by atoms with Crippen LogP contribution in [0.1, 0.15) is 16.7 Å². The first-order valence-electron chi connectivity index (χ1n) is 8.35. The van der Waals surface area contributed by atoms with Crippen LogP contribution in [0, 0.1) is 0 Å². The van der Waals surface area contributed by atoms with Crippen LogP contribution in [-0.4, -0.2) is 12.8 Å². The Hall–Kier alpha value is -2.56. The van der Waals surface area contributed by atoms with E-state index in [0.29, 0.717) is 17.4 Å². The molecular formula is C21H17ClO4. The number of halogens is 1. The standard InChI is InChI=1S/C21H17ClO4/c22-18-8-16-11-24-13-26-21(16)17(9-18)12-25-20(23)10-15-6-3-5-14-4-1-2-7-19(14)15/h1-9H,10-13H2. The van der Waals surface area contributed by atoms with Crippen molar-refractivity contribution >= 4 is 28.3 Å². The van der Waals surface area contributed by atoms with Crippen molar-refractivity contribution < 1.29 is 19.0 Å². The van der Waals surface area contributed by atoms with Crippen LogP contribution in [0.3, 0.4) is 0 Å². The molecule has 132 valence electrons. The van der Waals surface area contributed by atoms with Crippen molar-refractivity contribution in [2.45, 2.75) is 19.6 Å². The highest BCUT2D eigenvalue weighted by molar-refractivity contribution is 6.30. The summed E-state index contributed by atoms with van der Waals surface area (Å²) in [5, 5.41) is 2.74. The molecule has 1 aliphatic rings. The number of hydrogen-bond donors (Lipinski definition) is 0. The van der Waals surface area contributed by atoms with Crippen molar-refractivity contribution in [2.75, 3.05) is 6.79 Å². The highest BCUT2D eigenvalue weighted by Crippen LogP contribution is 2.32. The molecule has 0 radical (unpaired) electrons. The second-order valence-electron chi connectivity index (χ2n) is 6.14. The van der Waals surface area contributed by atoms with E-state index in [9.17, 15) is 4.79 Å². The molecule has 3 aromatic carbocycles. The van der Waals surface area contributed by atoms with Crippen LogP contribution in [0.4, 0.5) is 0 Å². The molecule has 0 saturated carbocycles. The van der Waals surface area contributed by atoms with Gasteiger partial charge < -0.3 is 14.2 Å². The lowest BCUT2D eigenvalue weighted by Gasteiger charge is -2.21. The molecule has 5 heteroatoms. The molecule has 0 aromatic heterocycles. The van der Waals surface area contributed by atoms with Gasteiger partial charge in [0.15, 0.2) is 6.79 Å². The van der Waals surface area contributed by atoms with Crippen LogP contribution in [0.5, 0.6) is 5.75 Å². The first-order valence-corrected chi connectivity index (χ1v) is 8.72. The van der Waals surface area contributed by atoms with Gasteiger partial charge in [-0.05, 0) is 28.5 Å². The Labute approximate surface area is 156 Å². The molecule has 3 aromatic rings. The molecule has 0 spiro atoms. The fourth-order valence-electron chi connectivity index (χ4n) is 3.18. The molecule has 0 bridgehead atoms. The Morgan fingerprint density at radius 2 is 1.92 bits per heavy atom. The molecule has 4 nitrogen and oxygen atoms in total. The van der Waals surface area contributed by atoms with Crippen LogP contribution in [0.2, 0.25) is 5.02 Å². The predicted molar refractivity (Wildman–Crippen MR) is 99.2 cm³/mol. The molecule has 0 N–H and O–H groups in total. The third-order valence-electron chi connectivity index (χ3n) is 4.36. The van der Waals surface area contributed by atoms with E-state index < -0.39 is 0 Å². The van der Waals surface area contributed by atoms with Gasteiger partial charge in [-0.2, -0.15) is 0 Å². The lowest BCUT2D eigenvalue weighted by Crippen LogP contribution is -2.15. The minimum absolute atomic E-state index is 0.118. The molecule has 0 aliphatic carbocycles. The van der Waals surface area contributed by atoms with Gasteiger partial charge in [-0.25, -0.2) is 0 Å². The van der Waals surface area contributed by atoms with Crippen molar-refractivity contribution in [1.82, 2.24) is 0 Å². The third-order valence-corrected chi connectivity index (χ3v) is 4.57. The minimum atomic E-state index is -0.290. The number of benzene rings is 3. The second kappa shape index (κ2) is 7.36. The first kappa shape index (κ1) is 16.9. The van der Waals surface area contributed by atoms with Crippen LogP contribution < -0.4 is 4.74 Å². The van der Waals surface area contributed by atoms with Gasteiger partial charge in [0.05, 0.1) is 13.0 Å². The predicted octanol–water partition coefficient (Wildman–Crippen LogP) is 4.65. The molecule has 26 heavy (non-hydrogen) atoms. The summed E-state index contributed by atoms with van der Waals surface area (Å²) in [4.78, 5) is 12.4. The molecule has 0 unspecified atom stereocenters. The van der Waals surface area contributed by atoms with Gasteiger partial charge in [0.2, 0.25) is 0 Å². The summed E-state index contributed by atoms with van der Waals surface area (Å²) < 4.78 is 16.3. The highest BCUT2D eigenvalue weighted by atomic mass is 35.5. The average Bonchev–Trinajstić information content (AvgIpc) is 2.66. The van der Waals surface area contributed by atoms with Gasteiger partial charge in [-0.3, -0.25) is 4.79 Å². The molecule has 4 rings (SSSR count). The Balaban J connectivity index is 1.49. The zero-order chi connectivity index (χ0) is 17.9. The van der Waals surface area contributed by atoms with Crippen LogP contribution in [0.15, 0.2) is 54.6 Å². The maximum atomic E-state index is 12.4. The van der Waals surface area contributed by atoms with Gasteiger partial charge in [0.25, 0.3) is 0 Å². The summed E-state index contributed by atoms with van der Waals surface area (Å²) in [6, 6.07) is 17.5. The summed E-state index contributed by atoms with van der Waals surface area (Å²) in [5.74, 6) is 0.403. The van der Waals surface area contributed by atoms with Gasteiger partial charge in [-0.15, -0.1) is 0 Å². The molecule has 0 amide bonds. The van der Waals surface area contributed by atoms with E-state index in [0.717, 1.165) is 27.5 Å². The zero-order valence-corrected chi connectivity index (χ0v) is 14.8. The third kappa shape index (κ3) is 3.52. The van der Waals surface area contributed by atoms with E-state index in [-0.39, 0.29) is 25.8 Å². The quantitative estimate of drug-likeness (QED) is 0.629. The van der Waals surface area contributed by atoms with Crippen molar-refractivity contribution in [2.24, 2.45) is 0 Å². The largest absolute Gasteiger partial charge is 0.467 e. The van der Waals surface area contributed by atoms with Gasteiger partial charge in [-0.1, -0.05) is 54.1 Å². The first-order chi connectivity index (χ1) is 12.7. The second-order valence-corrected chi connectivity index (χ2v) is 6.58. The number of ether oxygens (including phenoxy) is 3. The summed E-state index contributed by atoms with van der Waals surface area (Å²) in [5.41, 5.74) is 2.57. The van der Waals surface area contributed by atoms with Crippen LogP contribution in [0.25, 0.3) is 10.8 Å². The SMILES string of the molecule is O=C(Cc1cccc2ccccc12)OCc1cc(Cl)cc2c1OCOC2. The van der Waals surface area contributed by atoms with E-state index in [1.165, 1.54) is 0 Å². The van der Waals surface area contributed by atoms with Crippen LogP contribution >= 0.6 is 11.6 Å². The van der Waals surface area contributed by atoms with Gasteiger partial charge >= 0.3 is 5.97 Å². The van der Waals surface area contributed by atoms with Crippen molar-refractivity contribution in [3.8, 4) is 5.75 Å². The number of hydrogen-bond acceptors (Lipinski definition) is 4. The lowest BCUT2D eigenvalue weighted by molar-refractivity contribution is -0.144. The highest BCUT2D eigenvalue weighted by Gasteiger charge is 2.18. The van der Waals surface area contributed by atoms with E-state index in [1.54, 1.807) is 12.1 Å². The van der Waals surface area contributed by atoms with Gasteiger partial charge in [0, 0.05) is 16.1 Å². The maximum Gasteiger partial charge on any atom is 0.310 e. The summed E-state index contributed by atoms with van der Waals surface area (Å²) in [6.45, 7) is 0.741. The maximum absolute atomic E-state index is 12.4. The number of carbonyl (C=O) groups excluding carboxylic acids is 1. The van der Waals surface area contributed by atoms with E-state index in [2.05, 4.69) is 0 Å². The fourth-order valence-corrected chi connectivity index (χ4v) is 3.44. The Bertz CT molecular complexity index is 962. The Kier molecular flexibility index (Phi) is 4.78. The summed E-state index contributed by atoms with van der Waals surface area (Å²) in [7, 11) is 0. The lowest BCUT2D eigenvalue weighted by atomic mass is 10.0. The zero-order valence-electron chi connectivity index (χ0n) is 14.0. The Morgan fingerprint density at radius 1 is 1.08 bits per heavy atom. The molecule has 1 aliphatic heterocycles. The van der Waals surface area contributed by atoms with E-state index >= 15 is 0 Å². The van der Waals surface area contributed by atoms with Crippen molar-refractivity contribution in [3.05, 3.63) is 76.3 Å². The fraction of sp³-hybridized carbons (Fsp3) is 0.190. The summed E-state index contributed by atoms with van der Waals surface area (Å²) in [6.07, 6.45) is 0.216. The van der Waals surface area contributed by atoms with Crippen molar-refractivity contribution in [3.63, 3.8) is 0 Å². The minimum Gasteiger partial charge on any atom is -0.467 e. The van der Waals surface area contributed by atoms with Crippen LogP contribution in [-0.2, 0) is 33.9 Å². The number of fused-ring (bicyclic) bond motifs is 2. The smallest absolute Gasteiger partial charge is 0.310 e. The van der Waals surface area contributed by atoms with Gasteiger partial charge in [0.1, 0.15) is 12.4 Å². The monoisotopic (exact) mass is 368 g/mol. The molecule has 0 saturated heterocycles. The van der Waals surface area contributed by atoms with E-state index in [4.69, 9.17) is 25.8 Å². The van der Waals surface area contributed by atoms with E-state index in [1.807, 2.05) is 42.5 Å². The number of rotatable bonds is 4. The Morgan fingerprint density at radius 3 is 2.85 bits per heavy atom. The normalized spacial score (nSPS) is 13.1. The number of esters is 1. The summed E-state index contributed by atoms with van der Waals surface area (Å²) >= 11 is 6.14. The molecule has 0 fully saturated rings. The molecule has 0 atom stereocenters.